The number of nitriles is 1. The molecule has 0 spiro atoms. The molecule has 1 heterocycles. The molecular formula is C20H20N4O2. The van der Waals surface area contributed by atoms with Gasteiger partial charge in [0.25, 0.3) is 5.88 Å². The Morgan fingerprint density at radius 2 is 1.92 bits per heavy atom. The quantitative estimate of drug-likeness (QED) is 0.739. The Morgan fingerprint density at radius 1 is 1.15 bits per heavy atom. The van der Waals surface area contributed by atoms with E-state index in [1.165, 1.54) is 5.56 Å². The molecule has 2 N–H and O–H groups in total. The van der Waals surface area contributed by atoms with Crippen molar-refractivity contribution in [3.05, 3.63) is 70.8 Å². The molecule has 132 valence electrons. The molecule has 6 heteroatoms. The normalized spacial score (nSPS) is 10.3. The average molecular weight is 348 g/mol. The minimum absolute atomic E-state index is 0.236. The Kier molecular flexibility index (Phi) is 5.09. The molecule has 0 aliphatic heterocycles. The molecule has 0 aliphatic carbocycles. The average Bonchev–Trinajstić information content (AvgIpc) is 2.96. The zero-order chi connectivity index (χ0) is 18.5. The molecule has 2 aromatic carbocycles. The summed E-state index contributed by atoms with van der Waals surface area (Å²) in [5.41, 5.74) is 9.48. The first-order valence-corrected chi connectivity index (χ1v) is 8.18. The second-order valence-electron chi connectivity index (χ2n) is 5.96. The van der Waals surface area contributed by atoms with E-state index in [0.717, 1.165) is 16.9 Å². The largest absolute Gasteiger partial charge is 0.497 e. The lowest BCUT2D eigenvalue weighted by Crippen LogP contribution is -2.06. The van der Waals surface area contributed by atoms with Crippen molar-refractivity contribution in [3.63, 3.8) is 0 Å². The number of hydrogen-bond donors (Lipinski definition) is 1. The van der Waals surface area contributed by atoms with E-state index in [9.17, 15) is 5.26 Å². The minimum Gasteiger partial charge on any atom is -0.497 e. The van der Waals surface area contributed by atoms with Crippen LogP contribution in [-0.2, 0) is 13.2 Å². The van der Waals surface area contributed by atoms with E-state index in [2.05, 4.69) is 11.2 Å². The maximum absolute atomic E-state index is 9.41. The summed E-state index contributed by atoms with van der Waals surface area (Å²) < 4.78 is 12.5. The number of aryl methyl sites for hydroxylation is 1. The fraction of sp³-hybridized carbons (Fsp3) is 0.200. The van der Waals surface area contributed by atoms with Gasteiger partial charge in [-0.05, 0) is 30.2 Å². The summed E-state index contributed by atoms with van der Waals surface area (Å²) in [6.07, 6.45) is 0. The van der Waals surface area contributed by atoms with Crippen molar-refractivity contribution in [2.24, 2.45) is 0 Å². The van der Waals surface area contributed by atoms with Gasteiger partial charge in [0.15, 0.2) is 5.56 Å². The number of rotatable bonds is 6. The van der Waals surface area contributed by atoms with Crippen LogP contribution < -0.4 is 15.2 Å². The molecule has 0 fully saturated rings. The summed E-state index contributed by atoms with van der Waals surface area (Å²) in [5.74, 6) is 1.28. The van der Waals surface area contributed by atoms with Crippen LogP contribution in [0.2, 0.25) is 0 Å². The lowest BCUT2D eigenvalue weighted by atomic mass is 10.1. The number of anilines is 1. The molecule has 0 aliphatic rings. The summed E-state index contributed by atoms with van der Waals surface area (Å²) >= 11 is 0. The van der Waals surface area contributed by atoms with E-state index in [1.807, 2.05) is 55.5 Å². The zero-order valence-corrected chi connectivity index (χ0v) is 14.8. The number of ether oxygens (including phenoxy) is 2. The standard InChI is InChI=1S/C20H20N4O2/c1-14-6-8-15(9-7-14)12-24-19(22)18(11-21)20(23-24)26-13-16-4-3-5-17(10-16)25-2/h3-10H,12-13,22H2,1-2H3. The molecule has 3 aromatic rings. The summed E-state index contributed by atoms with van der Waals surface area (Å²) in [7, 11) is 1.61. The van der Waals surface area contributed by atoms with Crippen LogP contribution in [-0.4, -0.2) is 16.9 Å². The summed E-state index contributed by atoms with van der Waals surface area (Å²) in [6.45, 7) is 2.78. The smallest absolute Gasteiger partial charge is 0.253 e. The SMILES string of the molecule is COc1cccc(COc2nn(Cc3ccc(C)cc3)c(N)c2C#N)c1. The number of nitrogen functional groups attached to an aromatic ring is 1. The maximum Gasteiger partial charge on any atom is 0.253 e. The number of nitrogens with zero attached hydrogens (tertiary/aromatic N) is 3. The third-order valence-electron chi connectivity index (χ3n) is 4.03. The summed E-state index contributed by atoms with van der Waals surface area (Å²) in [6, 6.07) is 17.7. The lowest BCUT2D eigenvalue weighted by molar-refractivity contribution is 0.288. The minimum atomic E-state index is 0.236. The van der Waals surface area contributed by atoms with Gasteiger partial charge in [0.2, 0.25) is 0 Å². The maximum atomic E-state index is 9.41. The molecular weight excluding hydrogens is 328 g/mol. The number of benzene rings is 2. The molecule has 0 unspecified atom stereocenters. The second-order valence-corrected chi connectivity index (χ2v) is 5.96. The first-order chi connectivity index (χ1) is 12.6. The van der Waals surface area contributed by atoms with Crippen molar-refractivity contribution >= 4 is 5.82 Å². The van der Waals surface area contributed by atoms with Gasteiger partial charge in [0.05, 0.1) is 13.7 Å². The van der Waals surface area contributed by atoms with E-state index in [4.69, 9.17) is 15.2 Å². The van der Waals surface area contributed by atoms with Crippen LogP contribution in [0.3, 0.4) is 0 Å². The van der Waals surface area contributed by atoms with Gasteiger partial charge in [0, 0.05) is 0 Å². The van der Waals surface area contributed by atoms with Crippen LogP contribution in [0.1, 0.15) is 22.3 Å². The summed E-state index contributed by atoms with van der Waals surface area (Å²) in [5, 5.41) is 13.8. The topological polar surface area (TPSA) is 86.1 Å². The summed E-state index contributed by atoms with van der Waals surface area (Å²) in [4.78, 5) is 0. The number of methoxy groups -OCH3 is 1. The van der Waals surface area contributed by atoms with Crippen LogP contribution in [0, 0.1) is 18.3 Å². The first kappa shape index (κ1) is 17.4. The van der Waals surface area contributed by atoms with Gasteiger partial charge in [-0.3, -0.25) is 0 Å². The van der Waals surface area contributed by atoms with Gasteiger partial charge in [-0.15, -0.1) is 5.10 Å². The highest BCUT2D eigenvalue weighted by atomic mass is 16.5. The van der Waals surface area contributed by atoms with Crippen LogP contribution in [0.15, 0.2) is 48.5 Å². The predicted octanol–water partition coefficient (Wildman–Crippen LogP) is 3.28. The van der Waals surface area contributed by atoms with Gasteiger partial charge >= 0.3 is 0 Å². The Hall–Kier alpha value is -3.46. The third-order valence-corrected chi connectivity index (χ3v) is 4.03. The van der Waals surface area contributed by atoms with Crippen LogP contribution in [0.5, 0.6) is 11.6 Å². The van der Waals surface area contributed by atoms with Crippen LogP contribution in [0.25, 0.3) is 0 Å². The van der Waals surface area contributed by atoms with Gasteiger partial charge in [-0.2, -0.15) is 5.26 Å². The van der Waals surface area contributed by atoms with Gasteiger partial charge in [-0.25, -0.2) is 4.68 Å². The molecule has 0 saturated carbocycles. The molecule has 0 atom stereocenters. The van der Waals surface area contributed by atoms with Crippen molar-refractivity contribution < 1.29 is 9.47 Å². The van der Waals surface area contributed by atoms with Crippen molar-refractivity contribution in [1.29, 1.82) is 5.26 Å². The molecule has 0 amide bonds. The number of hydrogen-bond acceptors (Lipinski definition) is 5. The molecule has 26 heavy (non-hydrogen) atoms. The number of aromatic nitrogens is 2. The Labute approximate surface area is 152 Å². The van der Waals surface area contributed by atoms with Crippen LogP contribution >= 0.6 is 0 Å². The third kappa shape index (κ3) is 3.78. The Morgan fingerprint density at radius 3 is 2.62 bits per heavy atom. The van der Waals surface area contributed by atoms with E-state index in [0.29, 0.717) is 12.4 Å². The molecule has 3 rings (SSSR count). The van der Waals surface area contributed by atoms with Crippen molar-refractivity contribution in [3.8, 4) is 17.7 Å². The first-order valence-electron chi connectivity index (χ1n) is 8.18. The van der Waals surface area contributed by atoms with Crippen molar-refractivity contribution in [1.82, 2.24) is 9.78 Å². The number of nitrogens with two attached hydrogens (primary N) is 1. The predicted molar refractivity (Wildman–Crippen MR) is 99.0 cm³/mol. The van der Waals surface area contributed by atoms with Crippen LogP contribution in [0.4, 0.5) is 5.82 Å². The molecule has 0 bridgehead atoms. The highest BCUT2D eigenvalue weighted by Gasteiger charge is 2.17. The van der Waals surface area contributed by atoms with Crippen molar-refractivity contribution in [2.75, 3.05) is 12.8 Å². The van der Waals surface area contributed by atoms with E-state index in [1.54, 1.807) is 11.8 Å². The Bertz CT molecular complexity index is 939. The second kappa shape index (κ2) is 7.62. The van der Waals surface area contributed by atoms with Gasteiger partial charge in [0.1, 0.15) is 24.2 Å². The highest BCUT2D eigenvalue weighted by Crippen LogP contribution is 2.25. The fourth-order valence-electron chi connectivity index (χ4n) is 2.56. The Balaban J connectivity index is 1.79. The monoisotopic (exact) mass is 348 g/mol. The van der Waals surface area contributed by atoms with E-state index >= 15 is 0 Å². The van der Waals surface area contributed by atoms with E-state index < -0.39 is 0 Å². The fourth-order valence-corrected chi connectivity index (χ4v) is 2.56. The highest BCUT2D eigenvalue weighted by molar-refractivity contribution is 5.55. The zero-order valence-electron chi connectivity index (χ0n) is 14.8. The van der Waals surface area contributed by atoms with Crippen molar-refractivity contribution in [2.45, 2.75) is 20.1 Å². The molecule has 0 saturated heterocycles. The lowest BCUT2D eigenvalue weighted by Gasteiger charge is -2.06. The van der Waals surface area contributed by atoms with E-state index in [-0.39, 0.29) is 18.1 Å². The van der Waals surface area contributed by atoms with Gasteiger partial charge < -0.3 is 15.2 Å². The molecule has 1 aromatic heterocycles. The molecule has 0 radical (unpaired) electrons. The molecule has 6 nitrogen and oxygen atoms in total. The van der Waals surface area contributed by atoms with Gasteiger partial charge in [-0.1, -0.05) is 42.0 Å².